The lowest BCUT2D eigenvalue weighted by atomic mass is 9.89. The molecule has 2 fully saturated rings. The van der Waals surface area contributed by atoms with E-state index in [9.17, 15) is 4.79 Å². The summed E-state index contributed by atoms with van der Waals surface area (Å²) in [5.74, 6) is 0.807. The Kier molecular flexibility index (Phi) is 3.95. The van der Waals surface area contributed by atoms with Gasteiger partial charge in [0.25, 0.3) is 0 Å². The van der Waals surface area contributed by atoms with Crippen LogP contribution in [0, 0.1) is 5.92 Å². The lowest BCUT2D eigenvalue weighted by Gasteiger charge is -2.17. The standard InChI is InChI=1S/C13H20O2/c14-10-9-13-12(15-13)8-4-7-11-5-2-1-3-6-11/h4,7,10-13H,1-3,5-6,8-9H2/t12-,13+/m0/s1. The molecule has 0 aromatic rings. The summed E-state index contributed by atoms with van der Waals surface area (Å²) in [6, 6.07) is 0. The van der Waals surface area contributed by atoms with Crippen molar-refractivity contribution in [2.24, 2.45) is 5.92 Å². The maximum Gasteiger partial charge on any atom is 0.122 e. The number of rotatable bonds is 5. The highest BCUT2D eigenvalue weighted by Crippen LogP contribution is 2.29. The van der Waals surface area contributed by atoms with Crippen molar-refractivity contribution in [3.8, 4) is 0 Å². The Labute approximate surface area is 91.7 Å². The third-order valence-electron chi connectivity index (χ3n) is 3.44. The zero-order valence-corrected chi connectivity index (χ0v) is 9.23. The molecule has 1 saturated carbocycles. The van der Waals surface area contributed by atoms with E-state index in [1.807, 2.05) is 0 Å². The zero-order chi connectivity index (χ0) is 10.5. The maximum absolute atomic E-state index is 10.2. The molecule has 1 aliphatic heterocycles. The van der Waals surface area contributed by atoms with Gasteiger partial charge in [0.05, 0.1) is 12.2 Å². The second-order valence-corrected chi connectivity index (χ2v) is 4.68. The van der Waals surface area contributed by atoms with Crippen LogP contribution in [0.4, 0.5) is 0 Å². The van der Waals surface area contributed by atoms with Gasteiger partial charge < -0.3 is 9.53 Å². The molecule has 0 amide bonds. The Bertz CT molecular complexity index is 229. The summed E-state index contributed by atoms with van der Waals surface area (Å²) in [6.45, 7) is 0. The monoisotopic (exact) mass is 208 g/mol. The third-order valence-corrected chi connectivity index (χ3v) is 3.44. The fraction of sp³-hybridized carbons (Fsp3) is 0.769. The van der Waals surface area contributed by atoms with Crippen LogP contribution in [0.25, 0.3) is 0 Å². The van der Waals surface area contributed by atoms with E-state index in [0.717, 1.165) is 18.6 Å². The van der Waals surface area contributed by atoms with Crippen LogP contribution in [-0.2, 0) is 9.53 Å². The van der Waals surface area contributed by atoms with Crippen molar-refractivity contribution in [1.29, 1.82) is 0 Å². The van der Waals surface area contributed by atoms with Crippen LogP contribution in [-0.4, -0.2) is 18.5 Å². The van der Waals surface area contributed by atoms with Gasteiger partial charge in [0.15, 0.2) is 0 Å². The summed E-state index contributed by atoms with van der Waals surface area (Å²) in [6.07, 6.45) is 14.6. The van der Waals surface area contributed by atoms with E-state index in [-0.39, 0.29) is 6.10 Å². The van der Waals surface area contributed by atoms with Crippen molar-refractivity contribution in [2.45, 2.75) is 57.2 Å². The second kappa shape index (κ2) is 5.45. The summed E-state index contributed by atoms with van der Waals surface area (Å²) < 4.78 is 5.36. The lowest BCUT2D eigenvalue weighted by Crippen LogP contribution is -2.02. The summed E-state index contributed by atoms with van der Waals surface area (Å²) in [7, 11) is 0. The highest BCUT2D eigenvalue weighted by atomic mass is 16.6. The summed E-state index contributed by atoms with van der Waals surface area (Å²) >= 11 is 0. The molecule has 2 atom stereocenters. The fourth-order valence-electron chi connectivity index (χ4n) is 2.42. The number of carbonyl (C=O) groups excluding carboxylic acids is 1. The first kappa shape index (κ1) is 10.9. The second-order valence-electron chi connectivity index (χ2n) is 4.68. The molecule has 0 N–H and O–H groups in total. The number of carbonyl (C=O) groups is 1. The predicted molar refractivity (Wildman–Crippen MR) is 59.7 cm³/mol. The quantitative estimate of drug-likeness (QED) is 0.395. The average molecular weight is 208 g/mol. The van der Waals surface area contributed by atoms with E-state index in [4.69, 9.17) is 4.74 Å². The molecule has 0 aromatic carbocycles. The molecule has 2 rings (SSSR count). The van der Waals surface area contributed by atoms with Gasteiger partial charge in [-0.25, -0.2) is 0 Å². The molecule has 1 heterocycles. The molecule has 1 saturated heterocycles. The fourth-order valence-corrected chi connectivity index (χ4v) is 2.42. The van der Waals surface area contributed by atoms with Crippen molar-refractivity contribution in [3.05, 3.63) is 12.2 Å². The third kappa shape index (κ3) is 3.45. The molecular formula is C13H20O2. The number of epoxide rings is 1. The molecule has 84 valence electrons. The Morgan fingerprint density at radius 3 is 2.53 bits per heavy atom. The Morgan fingerprint density at radius 1 is 1.07 bits per heavy atom. The van der Waals surface area contributed by atoms with Gasteiger partial charge in [-0.2, -0.15) is 0 Å². The molecule has 0 bridgehead atoms. The van der Waals surface area contributed by atoms with Crippen LogP contribution in [0.2, 0.25) is 0 Å². The first-order valence-electron chi connectivity index (χ1n) is 6.16. The molecule has 0 aromatic heterocycles. The Balaban J connectivity index is 1.61. The van der Waals surface area contributed by atoms with E-state index in [2.05, 4.69) is 12.2 Å². The average Bonchev–Trinajstić information content (AvgIpc) is 2.99. The van der Waals surface area contributed by atoms with Gasteiger partial charge in [-0.1, -0.05) is 31.4 Å². The molecule has 1 aliphatic carbocycles. The molecule has 2 nitrogen and oxygen atoms in total. The first-order valence-corrected chi connectivity index (χ1v) is 6.16. The van der Waals surface area contributed by atoms with E-state index >= 15 is 0 Å². The number of hydrogen-bond acceptors (Lipinski definition) is 2. The number of allylic oxidation sites excluding steroid dienone is 1. The maximum atomic E-state index is 10.2. The smallest absolute Gasteiger partial charge is 0.122 e. The van der Waals surface area contributed by atoms with Gasteiger partial charge in [-0.15, -0.1) is 0 Å². The van der Waals surface area contributed by atoms with E-state index in [0.29, 0.717) is 12.5 Å². The van der Waals surface area contributed by atoms with Gasteiger partial charge in [0.1, 0.15) is 6.29 Å². The van der Waals surface area contributed by atoms with Crippen LogP contribution in [0.3, 0.4) is 0 Å². The molecule has 0 unspecified atom stereocenters. The Hall–Kier alpha value is -0.630. The van der Waals surface area contributed by atoms with Gasteiger partial charge in [0, 0.05) is 6.42 Å². The van der Waals surface area contributed by atoms with Crippen LogP contribution >= 0.6 is 0 Å². The summed E-state index contributed by atoms with van der Waals surface area (Å²) in [5, 5.41) is 0. The van der Waals surface area contributed by atoms with E-state index < -0.39 is 0 Å². The molecule has 2 heteroatoms. The van der Waals surface area contributed by atoms with Gasteiger partial charge >= 0.3 is 0 Å². The van der Waals surface area contributed by atoms with Gasteiger partial charge in [0.2, 0.25) is 0 Å². The van der Waals surface area contributed by atoms with E-state index in [1.165, 1.54) is 32.1 Å². The number of ether oxygens (including phenoxy) is 1. The van der Waals surface area contributed by atoms with Crippen LogP contribution in [0.15, 0.2) is 12.2 Å². The predicted octanol–water partition coefficient (Wildman–Crippen LogP) is 2.87. The minimum atomic E-state index is 0.221. The van der Waals surface area contributed by atoms with Crippen LogP contribution in [0.1, 0.15) is 44.9 Å². The van der Waals surface area contributed by atoms with Crippen LogP contribution < -0.4 is 0 Å². The largest absolute Gasteiger partial charge is 0.369 e. The molecular weight excluding hydrogens is 188 g/mol. The molecule has 0 spiro atoms. The highest BCUT2D eigenvalue weighted by Gasteiger charge is 2.36. The van der Waals surface area contributed by atoms with Crippen molar-refractivity contribution in [1.82, 2.24) is 0 Å². The van der Waals surface area contributed by atoms with Crippen molar-refractivity contribution >= 4 is 6.29 Å². The van der Waals surface area contributed by atoms with Gasteiger partial charge in [-0.3, -0.25) is 0 Å². The lowest BCUT2D eigenvalue weighted by molar-refractivity contribution is -0.108. The van der Waals surface area contributed by atoms with E-state index in [1.54, 1.807) is 0 Å². The number of aldehydes is 1. The first-order chi connectivity index (χ1) is 7.40. The molecule has 2 aliphatic rings. The normalized spacial score (nSPS) is 32.0. The molecule has 0 radical (unpaired) electrons. The highest BCUT2D eigenvalue weighted by molar-refractivity contribution is 5.51. The number of hydrogen-bond donors (Lipinski definition) is 0. The topological polar surface area (TPSA) is 29.6 Å². The zero-order valence-electron chi connectivity index (χ0n) is 9.23. The minimum absolute atomic E-state index is 0.221. The Morgan fingerprint density at radius 2 is 1.80 bits per heavy atom. The SMILES string of the molecule is O=CC[C@H]1O[C@H]1CC=CC1CCCCC1. The summed E-state index contributed by atoms with van der Waals surface area (Å²) in [4.78, 5) is 10.2. The van der Waals surface area contributed by atoms with Crippen molar-refractivity contribution in [2.75, 3.05) is 0 Å². The minimum Gasteiger partial charge on any atom is -0.369 e. The van der Waals surface area contributed by atoms with Gasteiger partial charge in [-0.05, 0) is 25.2 Å². The molecule has 15 heavy (non-hydrogen) atoms. The van der Waals surface area contributed by atoms with Crippen molar-refractivity contribution < 1.29 is 9.53 Å². The van der Waals surface area contributed by atoms with Crippen molar-refractivity contribution in [3.63, 3.8) is 0 Å². The summed E-state index contributed by atoms with van der Waals surface area (Å²) in [5.41, 5.74) is 0. The van der Waals surface area contributed by atoms with Crippen LogP contribution in [0.5, 0.6) is 0 Å².